The molecule has 1 atom stereocenters. The molecule has 1 unspecified atom stereocenters. The van der Waals surface area contributed by atoms with Crippen LogP contribution < -0.4 is 0 Å². The maximum Gasteiger partial charge on any atom is 0.149 e. The highest BCUT2D eigenvalue weighted by atomic mass is 127. The zero-order valence-electron chi connectivity index (χ0n) is 9.29. The summed E-state index contributed by atoms with van der Waals surface area (Å²) in [7, 11) is 0. The van der Waals surface area contributed by atoms with Gasteiger partial charge in [0.15, 0.2) is 0 Å². The third-order valence-corrected chi connectivity index (χ3v) is 5.00. The van der Waals surface area contributed by atoms with E-state index in [4.69, 9.17) is 11.6 Å². The van der Waals surface area contributed by atoms with Gasteiger partial charge in [0.25, 0.3) is 0 Å². The van der Waals surface area contributed by atoms with E-state index in [0.29, 0.717) is 0 Å². The topological polar surface area (TPSA) is 0 Å². The number of rotatable bonds is 3. The molecular weight excluding hydrogens is 584 g/mol. The maximum atomic E-state index is 6.49. The molecule has 18 heavy (non-hydrogen) atoms. The Kier molecular flexibility index (Phi) is 5.60. The summed E-state index contributed by atoms with van der Waals surface area (Å²) < 4.78 is 0.0976. The summed E-state index contributed by atoms with van der Waals surface area (Å²) in [6.07, 6.45) is 0. The van der Waals surface area contributed by atoms with Crippen LogP contribution in [0.1, 0.15) is 22.1 Å². The van der Waals surface area contributed by atoms with E-state index in [2.05, 4.69) is 104 Å². The quantitative estimate of drug-likeness (QED) is 0.284. The fraction of sp³-hybridized carbons (Fsp3) is 0.143. The Morgan fingerprint density at radius 1 is 0.778 bits per heavy atom. The van der Waals surface area contributed by atoms with Crippen LogP contribution in [0.25, 0.3) is 0 Å². The Hall–Kier alpha value is 0.920. The molecule has 0 aliphatic heterocycles. The van der Waals surface area contributed by atoms with Crippen LogP contribution in [0.3, 0.4) is 0 Å². The lowest BCUT2D eigenvalue weighted by molar-refractivity contribution is 1.14. The highest BCUT2D eigenvalue weighted by molar-refractivity contribution is 14.3. The van der Waals surface area contributed by atoms with Crippen molar-refractivity contribution in [2.45, 2.75) is 4.81 Å². The van der Waals surface area contributed by atoms with Gasteiger partial charge in [-0.3, -0.25) is 0 Å². The number of alkyl halides is 4. The average Bonchev–Trinajstić information content (AvgIpc) is 2.38. The molecule has 2 aromatic carbocycles. The molecular formula is C14H10ClI3. The van der Waals surface area contributed by atoms with Crippen LogP contribution in [-0.2, 0) is -0.565 Å². The molecule has 0 bridgehead atoms. The van der Waals surface area contributed by atoms with Crippen molar-refractivity contribution in [2.75, 3.05) is 0 Å². The van der Waals surface area contributed by atoms with Crippen molar-refractivity contribution in [3.63, 3.8) is 0 Å². The minimum Gasteiger partial charge on any atom is -0.113 e. The molecule has 0 nitrogen and oxygen atoms in total. The first kappa shape index (κ1) is 15.3. The molecule has 2 aromatic rings. The van der Waals surface area contributed by atoms with Gasteiger partial charge in [-0.1, -0.05) is 54.6 Å². The molecule has 2 rings (SSSR count). The largest absolute Gasteiger partial charge is 0.149 e. The maximum absolute atomic E-state index is 6.49. The zero-order chi connectivity index (χ0) is 13.2. The molecule has 0 saturated heterocycles. The second-order valence-electron chi connectivity index (χ2n) is 3.89. The van der Waals surface area contributed by atoms with Gasteiger partial charge in [-0.25, -0.2) is 0 Å². The average molecular weight is 594 g/mol. The Morgan fingerprint density at radius 2 is 1.28 bits per heavy atom. The van der Waals surface area contributed by atoms with Crippen molar-refractivity contribution >= 4 is 79.4 Å². The summed E-state index contributed by atoms with van der Waals surface area (Å²) in [5, 5.41) is -0.0766. The van der Waals surface area contributed by atoms with E-state index in [0.717, 1.165) is 11.1 Å². The molecule has 0 saturated carbocycles. The number of benzene rings is 2. The van der Waals surface area contributed by atoms with E-state index < -0.39 is 0 Å². The van der Waals surface area contributed by atoms with Crippen molar-refractivity contribution in [1.29, 1.82) is 0 Å². The molecule has 0 aliphatic carbocycles. The van der Waals surface area contributed by atoms with Crippen LogP contribution in [0, 0.1) is 0 Å². The minimum absolute atomic E-state index is 0.0766. The molecule has 0 heterocycles. The van der Waals surface area contributed by atoms with Gasteiger partial charge in [0.1, 0.15) is -0.565 Å². The molecule has 94 valence electrons. The van der Waals surface area contributed by atoms with Crippen molar-refractivity contribution in [3.8, 4) is 0 Å². The van der Waals surface area contributed by atoms with Crippen LogP contribution in [0.4, 0.5) is 0 Å². The van der Waals surface area contributed by atoms with Gasteiger partial charge in [-0.15, -0.1) is 11.6 Å². The fourth-order valence-corrected chi connectivity index (χ4v) is 3.03. The van der Waals surface area contributed by atoms with Crippen LogP contribution in [-0.4, -0.2) is 0 Å². The van der Waals surface area contributed by atoms with Crippen molar-refractivity contribution in [2.24, 2.45) is 0 Å². The van der Waals surface area contributed by atoms with Gasteiger partial charge in [0, 0.05) is 0 Å². The van der Waals surface area contributed by atoms with E-state index in [1.807, 2.05) is 18.2 Å². The summed E-state index contributed by atoms with van der Waals surface area (Å²) in [6, 6.07) is 18.7. The molecule has 0 fully saturated rings. The van der Waals surface area contributed by atoms with Gasteiger partial charge in [-0.05, 0) is 84.5 Å². The summed E-state index contributed by atoms with van der Waals surface area (Å²) in [6.45, 7) is 0. The van der Waals surface area contributed by atoms with Gasteiger partial charge >= 0.3 is 0 Å². The van der Waals surface area contributed by atoms with E-state index in [1.165, 1.54) is 5.56 Å². The molecule has 0 spiro atoms. The predicted octanol–water partition coefficient (Wildman–Crippen LogP) is 6.43. The molecule has 0 amide bonds. The number of hydrogen-bond acceptors (Lipinski definition) is 0. The molecule has 0 radical (unpaired) electrons. The third kappa shape index (κ3) is 3.96. The Bertz CT molecular complexity index is 503. The Balaban J connectivity index is 2.25. The monoisotopic (exact) mass is 594 g/mol. The second kappa shape index (κ2) is 6.58. The Morgan fingerprint density at radius 3 is 1.78 bits per heavy atom. The first-order valence-corrected chi connectivity index (χ1v) is 9.02. The van der Waals surface area contributed by atoms with Crippen molar-refractivity contribution in [3.05, 3.63) is 71.3 Å². The zero-order valence-corrected chi connectivity index (χ0v) is 16.5. The van der Waals surface area contributed by atoms with E-state index >= 15 is 0 Å². The van der Waals surface area contributed by atoms with Crippen molar-refractivity contribution < 1.29 is 0 Å². The molecule has 4 heteroatoms. The first-order chi connectivity index (χ1) is 8.48. The Labute approximate surface area is 153 Å². The van der Waals surface area contributed by atoms with Crippen molar-refractivity contribution in [1.82, 2.24) is 0 Å². The van der Waals surface area contributed by atoms with Crippen LogP contribution in [0.15, 0.2) is 54.6 Å². The highest BCUT2D eigenvalue weighted by Gasteiger charge is 2.20. The van der Waals surface area contributed by atoms with Gasteiger partial charge in [-0.2, -0.15) is 0 Å². The van der Waals surface area contributed by atoms with Gasteiger partial charge in [0.2, 0.25) is 0 Å². The molecule has 0 aromatic heterocycles. The number of hydrogen-bond donors (Lipinski definition) is 0. The normalized spacial score (nSPS) is 13.3. The predicted molar refractivity (Wildman–Crippen MR) is 104 cm³/mol. The van der Waals surface area contributed by atoms with E-state index in [-0.39, 0.29) is 4.81 Å². The number of halogens is 4. The first-order valence-electron chi connectivity index (χ1n) is 5.34. The molecule has 0 aliphatic rings. The van der Waals surface area contributed by atoms with E-state index in [9.17, 15) is 0 Å². The second-order valence-corrected chi connectivity index (χ2v) is 15.4. The summed E-state index contributed by atoms with van der Waals surface area (Å²) >= 11 is 13.8. The van der Waals surface area contributed by atoms with Crippen LogP contribution >= 0.6 is 79.4 Å². The summed E-state index contributed by atoms with van der Waals surface area (Å²) in [5.41, 5.74) is 3.57. The SMILES string of the molecule is ClC(c1ccccc1)c1ccc(C(I)(I)I)cc1. The van der Waals surface area contributed by atoms with Crippen LogP contribution in [0.5, 0.6) is 0 Å². The molecule has 0 N–H and O–H groups in total. The summed E-state index contributed by atoms with van der Waals surface area (Å²) in [4.78, 5) is 0. The smallest absolute Gasteiger partial charge is 0.113 e. The lowest BCUT2D eigenvalue weighted by atomic mass is 10.0. The summed E-state index contributed by atoms with van der Waals surface area (Å²) in [5.74, 6) is 0. The van der Waals surface area contributed by atoms with Gasteiger partial charge in [0.05, 0.1) is 5.38 Å². The third-order valence-electron chi connectivity index (χ3n) is 2.62. The van der Waals surface area contributed by atoms with Crippen LogP contribution in [0.2, 0.25) is 0 Å². The minimum atomic E-state index is -0.0766. The lowest BCUT2D eigenvalue weighted by Crippen LogP contribution is -1.98. The van der Waals surface area contributed by atoms with E-state index in [1.54, 1.807) is 0 Å². The highest BCUT2D eigenvalue weighted by Crippen LogP contribution is 2.46. The standard InChI is InChI=1S/C14H10ClI3/c15-13(10-4-2-1-3-5-10)11-6-8-12(9-7-11)14(16,17)18/h1-9,13H. The lowest BCUT2D eigenvalue weighted by Gasteiger charge is -2.15. The van der Waals surface area contributed by atoms with Gasteiger partial charge < -0.3 is 0 Å². The fourth-order valence-electron chi connectivity index (χ4n) is 1.66.